The summed E-state index contributed by atoms with van der Waals surface area (Å²) in [6, 6.07) is 5.43. The Hall–Kier alpha value is -0.920. The molecule has 5 nitrogen and oxygen atoms in total. The average Bonchev–Trinajstić information content (AvgIpc) is 3.09. The molecule has 7 heteroatoms. The minimum atomic E-state index is -3.58. The Morgan fingerprint density at radius 3 is 2.05 bits per heavy atom. The van der Waals surface area contributed by atoms with Crippen molar-refractivity contribution >= 4 is 19.9 Å². The molecule has 0 saturated heterocycles. The van der Waals surface area contributed by atoms with Crippen LogP contribution in [0, 0.1) is 5.41 Å². The molecule has 1 aromatic carbocycles. The van der Waals surface area contributed by atoms with Crippen molar-refractivity contribution in [1.82, 2.24) is 4.72 Å². The fourth-order valence-corrected chi connectivity index (χ4v) is 5.41. The Balaban J connectivity index is 1.74. The van der Waals surface area contributed by atoms with Crippen LogP contribution < -0.4 is 4.72 Å². The van der Waals surface area contributed by atoms with Gasteiger partial charge in [-0.15, -0.1) is 0 Å². The summed E-state index contributed by atoms with van der Waals surface area (Å²) in [6.45, 7) is 0. The summed E-state index contributed by atoms with van der Waals surface area (Å²) in [6.07, 6.45) is 7.84. The standard InChI is InChI=1S/C15H21NO4S2/c1-21(17,18)12-5-7-13(8-6-12)22(19,20)16-14-11-15(14)9-3-2-4-10-15/h5-8,14,16H,2-4,9-11H2,1H3. The van der Waals surface area contributed by atoms with E-state index in [2.05, 4.69) is 4.72 Å². The van der Waals surface area contributed by atoms with Gasteiger partial charge in [-0.2, -0.15) is 0 Å². The van der Waals surface area contributed by atoms with Crippen LogP contribution in [0.15, 0.2) is 34.1 Å². The second-order valence-corrected chi connectivity index (χ2v) is 10.3. The van der Waals surface area contributed by atoms with E-state index in [9.17, 15) is 16.8 Å². The molecule has 2 aliphatic carbocycles. The highest BCUT2D eigenvalue weighted by Crippen LogP contribution is 2.56. The lowest BCUT2D eigenvalue weighted by Gasteiger charge is -2.22. The first kappa shape index (κ1) is 16.0. The minimum absolute atomic E-state index is 0.0346. The normalized spacial score (nSPS) is 24.3. The summed E-state index contributed by atoms with van der Waals surface area (Å²) in [4.78, 5) is 0.249. The van der Waals surface area contributed by atoms with E-state index >= 15 is 0 Å². The molecule has 2 saturated carbocycles. The minimum Gasteiger partial charge on any atom is -0.224 e. The van der Waals surface area contributed by atoms with E-state index < -0.39 is 19.9 Å². The predicted molar refractivity (Wildman–Crippen MR) is 83.8 cm³/mol. The van der Waals surface area contributed by atoms with Crippen LogP contribution in [0.5, 0.6) is 0 Å². The lowest BCUT2D eigenvalue weighted by atomic mass is 9.86. The molecule has 0 aromatic heterocycles. The first-order valence-electron chi connectivity index (χ1n) is 7.55. The summed E-state index contributed by atoms with van der Waals surface area (Å²) < 4.78 is 50.4. The van der Waals surface area contributed by atoms with Crippen LogP contribution in [0.1, 0.15) is 38.5 Å². The first-order chi connectivity index (χ1) is 10.2. The van der Waals surface area contributed by atoms with E-state index in [0.29, 0.717) is 0 Å². The van der Waals surface area contributed by atoms with E-state index in [4.69, 9.17) is 0 Å². The molecule has 0 amide bonds. The Morgan fingerprint density at radius 1 is 0.955 bits per heavy atom. The molecule has 1 unspecified atom stereocenters. The molecule has 0 heterocycles. The summed E-state index contributed by atoms with van der Waals surface area (Å²) in [5.74, 6) is 0. The molecule has 2 fully saturated rings. The van der Waals surface area contributed by atoms with Gasteiger partial charge in [0.25, 0.3) is 0 Å². The van der Waals surface area contributed by atoms with Crippen LogP contribution in [-0.4, -0.2) is 29.1 Å². The van der Waals surface area contributed by atoms with Crippen LogP contribution in [0.4, 0.5) is 0 Å². The van der Waals surface area contributed by atoms with Crippen LogP contribution >= 0.6 is 0 Å². The molecule has 1 atom stereocenters. The van der Waals surface area contributed by atoms with E-state index in [1.807, 2.05) is 0 Å². The second kappa shape index (κ2) is 5.32. The number of benzene rings is 1. The Bertz CT molecular complexity index is 760. The van der Waals surface area contributed by atoms with Crippen molar-refractivity contribution in [1.29, 1.82) is 0 Å². The third kappa shape index (κ3) is 3.07. The molecular weight excluding hydrogens is 322 g/mol. The van der Waals surface area contributed by atoms with Gasteiger partial charge in [-0.1, -0.05) is 19.3 Å². The molecule has 22 heavy (non-hydrogen) atoms. The van der Waals surface area contributed by atoms with Crippen molar-refractivity contribution in [3.63, 3.8) is 0 Å². The van der Waals surface area contributed by atoms with Crippen molar-refractivity contribution < 1.29 is 16.8 Å². The largest absolute Gasteiger partial charge is 0.240 e. The maximum Gasteiger partial charge on any atom is 0.240 e. The molecule has 0 aliphatic heterocycles. The highest BCUT2D eigenvalue weighted by Gasteiger charge is 2.55. The number of hydrogen-bond acceptors (Lipinski definition) is 4. The van der Waals surface area contributed by atoms with E-state index in [1.165, 1.54) is 43.5 Å². The summed E-state index contributed by atoms with van der Waals surface area (Å²) in [7, 11) is -6.89. The SMILES string of the molecule is CS(=O)(=O)c1ccc(S(=O)(=O)NC2CC23CCCCC3)cc1. The van der Waals surface area contributed by atoms with Crippen LogP contribution in [0.3, 0.4) is 0 Å². The Kier molecular flexibility index (Phi) is 3.86. The summed E-state index contributed by atoms with van der Waals surface area (Å²) in [5, 5.41) is 0. The van der Waals surface area contributed by atoms with Crippen LogP contribution in [-0.2, 0) is 19.9 Å². The number of sulfonamides is 1. The third-order valence-corrected chi connectivity index (χ3v) is 7.51. The Labute approximate surface area is 132 Å². The third-order valence-electron chi connectivity index (χ3n) is 4.90. The van der Waals surface area contributed by atoms with Gasteiger partial charge in [0, 0.05) is 12.3 Å². The zero-order chi connectivity index (χ0) is 16.0. The molecular formula is C15H21NO4S2. The fraction of sp³-hybridized carbons (Fsp3) is 0.600. The molecule has 2 aliphatic rings. The smallest absolute Gasteiger partial charge is 0.224 e. The molecule has 1 spiro atoms. The molecule has 1 N–H and O–H groups in total. The monoisotopic (exact) mass is 343 g/mol. The highest BCUT2D eigenvalue weighted by molar-refractivity contribution is 7.90. The van der Waals surface area contributed by atoms with Crippen molar-refractivity contribution in [3.8, 4) is 0 Å². The van der Waals surface area contributed by atoms with E-state index in [1.54, 1.807) is 0 Å². The number of sulfone groups is 1. The van der Waals surface area contributed by atoms with Gasteiger partial charge in [0.05, 0.1) is 9.79 Å². The maximum absolute atomic E-state index is 12.4. The fourth-order valence-electron chi connectivity index (χ4n) is 3.44. The van der Waals surface area contributed by atoms with Gasteiger partial charge in [-0.3, -0.25) is 0 Å². The predicted octanol–water partition coefficient (Wildman–Crippen LogP) is 2.09. The quantitative estimate of drug-likeness (QED) is 0.908. The highest BCUT2D eigenvalue weighted by atomic mass is 32.2. The first-order valence-corrected chi connectivity index (χ1v) is 10.9. The zero-order valence-corrected chi connectivity index (χ0v) is 14.2. The van der Waals surface area contributed by atoms with Gasteiger partial charge < -0.3 is 0 Å². The van der Waals surface area contributed by atoms with E-state index in [0.717, 1.165) is 25.5 Å². The van der Waals surface area contributed by atoms with Crippen LogP contribution in [0.2, 0.25) is 0 Å². The van der Waals surface area contributed by atoms with Gasteiger partial charge >= 0.3 is 0 Å². The molecule has 1 aromatic rings. The van der Waals surface area contributed by atoms with Gasteiger partial charge in [-0.25, -0.2) is 21.6 Å². The van der Waals surface area contributed by atoms with Gasteiger partial charge in [0.2, 0.25) is 10.0 Å². The van der Waals surface area contributed by atoms with Crippen molar-refractivity contribution in [2.24, 2.45) is 5.41 Å². The lowest BCUT2D eigenvalue weighted by molar-refractivity contribution is 0.321. The number of nitrogens with one attached hydrogen (secondary N) is 1. The zero-order valence-electron chi connectivity index (χ0n) is 12.6. The second-order valence-electron chi connectivity index (χ2n) is 6.54. The Morgan fingerprint density at radius 2 is 1.50 bits per heavy atom. The average molecular weight is 343 g/mol. The van der Waals surface area contributed by atoms with Crippen molar-refractivity contribution in [3.05, 3.63) is 24.3 Å². The van der Waals surface area contributed by atoms with Crippen molar-refractivity contribution in [2.75, 3.05) is 6.26 Å². The maximum atomic E-state index is 12.4. The van der Waals surface area contributed by atoms with Crippen molar-refractivity contribution in [2.45, 2.75) is 54.4 Å². The number of rotatable bonds is 4. The number of hydrogen-bond donors (Lipinski definition) is 1. The van der Waals surface area contributed by atoms with Gasteiger partial charge in [-0.05, 0) is 48.9 Å². The van der Waals surface area contributed by atoms with E-state index in [-0.39, 0.29) is 21.2 Å². The molecule has 122 valence electrons. The van der Waals surface area contributed by atoms with Gasteiger partial charge in [0.15, 0.2) is 9.84 Å². The van der Waals surface area contributed by atoms with Gasteiger partial charge in [0.1, 0.15) is 0 Å². The topological polar surface area (TPSA) is 80.3 Å². The summed E-state index contributed by atoms with van der Waals surface area (Å²) >= 11 is 0. The molecule has 0 radical (unpaired) electrons. The molecule has 3 rings (SSSR count). The van der Waals surface area contributed by atoms with Crippen LogP contribution in [0.25, 0.3) is 0 Å². The molecule has 0 bridgehead atoms. The summed E-state index contributed by atoms with van der Waals surface area (Å²) in [5.41, 5.74) is 0.179. The lowest BCUT2D eigenvalue weighted by Crippen LogP contribution is -2.30.